The molecular weight excluding hydrogens is 230 g/mol. The quantitative estimate of drug-likeness (QED) is 0.461. The first-order valence-corrected chi connectivity index (χ1v) is 7.06. The molecule has 0 aliphatic heterocycles. The molecule has 4 rings (SSSR count). The highest BCUT2D eigenvalue weighted by Gasteiger charge is 2.13. The summed E-state index contributed by atoms with van der Waals surface area (Å²) in [6.07, 6.45) is 5.11. The summed E-state index contributed by atoms with van der Waals surface area (Å²) in [4.78, 5) is 0. The third kappa shape index (κ3) is 1.54. The van der Waals surface area contributed by atoms with Crippen LogP contribution < -0.4 is 5.73 Å². The lowest BCUT2D eigenvalue weighted by molar-refractivity contribution is 0.690. The molecule has 94 valence electrons. The van der Waals surface area contributed by atoms with Crippen LogP contribution in [0.5, 0.6) is 0 Å². The van der Waals surface area contributed by atoms with Gasteiger partial charge in [0.2, 0.25) is 0 Å². The van der Waals surface area contributed by atoms with Crippen LogP contribution in [0, 0.1) is 0 Å². The molecule has 0 aromatic heterocycles. The summed E-state index contributed by atoms with van der Waals surface area (Å²) in [5.41, 5.74) is 10.1. The Kier molecular flexibility index (Phi) is 2.28. The Morgan fingerprint density at radius 3 is 2.37 bits per heavy atom. The maximum atomic E-state index is 6.09. The minimum absolute atomic E-state index is 0.872. The number of nitrogens with two attached hydrogens (primary N) is 1. The minimum atomic E-state index is 0.872. The van der Waals surface area contributed by atoms with Crippen molar-refractivity contribution in [2.24, 2.45) is 0 Å². The van der Waals surface area contributed by atoms with E-state index in [9.17, 15) is 0 Å². The van der Waals surface area contributed by atoms with Gasteiger partial charge in [0.05, 0.1) is 0 Å². The first-order chi connectivity index (χ1) is 9.34. The molecule has 0 atom stereocenters. The first-order valence-electron chi connectivity index (χ1n) is 7.06. The molecule has 2 N–H and O–H groups in total. The molecule has 1 aliphatic rings. The molecule has 0 fully saturated rings. The average molecular weight is 247 g/mol. The van der Waals surface area contributed by atoms with E-state index in [1.165, 1.54) is 47.2 Å². The van der Waals surface area contributed by atoms with E-state index in [1.54, 1.807) is 11.1 Å². The van der Waals surface area contributed by atoms with E-state index in [0.29, 0.717) is 0 Å². The molecule has 3 aromatic carbocycles. The number of rotatable bonds is 0. The number of benzene rings is 3. The van der Waals surface area contributed by atoms with Gasteiger partial charge < -0.3 is 5.73 Å². The maximum absolute atomic E-state index is 6.09. The largest absolute Gasteiger partial charge is 0.398 e. The number of fused-ring (bicyclic) bond motifs is 5. The normalized spacial score (nSPS) is 14.7. The van der Waals surface area contributed by atoms with Gasteiger partial charge in [0.25, 0.3) is 0 Å². The Morgan fingerprint density at radius 1 is 0.684 bits per heavy atom. The number of anilines is 1. The second kappa shape index (κ2) is 3.99. The van der Waals surface area contributed by atoms with Crippen molar-refractivity contribution in [2.45, 2.75) is 25.7 Å². The highest BCUT2D eigenvalue weighted by atomic mass is 14.5. The Labute approximate surface area is 113 Å². The molecule has 0 amide bonds. The molecule has 0 spiro atoms. The van der Waals surface area contributed by atoms with Crippen molar-refractivity contribution in [3.05, 3.63) is 53.6 Å². The summed E-state index contributed by atoms with van der Waals surface area (Å²) < 4.78 is 0. The molecule has 1 aliphatic carbocycles. The van der Waals surface area contributed by atoms with E-state index in [2.05, 4.69) is 36.4 Å². The smallest absolute Gasteiger partial charge is 0.0393 e. The van der Waals surface area contributed by atoms with E-state index in [-0.39, 0.29) is 0 Å². The molecule has 0 heterocycles. The fourth-order valence-electron chi connectivity index (χ4n) is 3.45. The number of aryl methyl sites for hydroxylation is 2. The van der Waals surface area contributed by atoms with Gasteiger partial charge in [-0.15, -0.1) is 0 Å². The van der Waals surface area contributed by atoms with Crippen molar-refractivity contribution in [2.75, 3.05) is 5.73 Å². The van der Waals surface area contributed by atoms with Crippen LogP contribution in [-0.4, -0.2) is 0 Å². The van der Waals surface area contributed by atoms with Crippen molar-refractivity contribution in [1.82, 2.24) is 0 Å². The van der Waals surface area contributed by atoms with Gasteiger partial charge in [0.1, 0.15) is 0 Å². The zero-order valence-corrected chi connectivity index (χ0v) is 10.9. The zero-order valence-electron chi connectivity index (χ0n) is 10.9. The second-order valence-corrected chi connectivity index (χ2v) is 5.51. The Morgan fingerprint density at radius 2 is 1.42 bits per heavy atom. The van der Waals surface area contributed by atoms with E-state index in [4.69, 9.17) is 5.73 Å². The Balaban J connectivity index is 2.15. The van der Waals surface area contributed by atoms with Crippen molar-refractivity contribution < 1.29 is 0 Å². The third-order valence-corrected chi connectivity index (χ3v) is 4.42. The van der Waals surface area contributed by atoms with Gasteiger partial charge in [-0.1, -0.05) is 36.4 Å². The summed E-state index contributed by atoms with van der Waals surface area (Å²) in [5.74, 6) is 0. The Bertz CT molecular complexity index is 786. The number of nitrogen functional groups attached to an aromatic ring is 1. The molecule has 0 radical (unpaired) electrons. The molecule has 19 heavy (non-hydrogen) atoms. The van der Waals surface area contributed by atoms with E-state index in [1.807, 2.05) is 6.07 Å². The molecule has 1 heteroatoms. The molecule has 3 aromatic rings. The lowest BCUT2D eigenvalue weighted by atomic mass is 9.86. The van der Waals surface area contributed by atoms with Gasteiger partial charge >= 0.3 is 0 Å². The first kappa shape index (κ1) is 10.9. The fourth-order valence-corrected chi connectivity index (χ4v) is 3.45. The highest BCUT2D eigenvalue weighted by molar-refractivity contribution is 6.12. The highest BCUT2D eigenvalue weighted by Crippen LogP contribution is 2.34. The summed E-state index contributed by atoms with van der Waals surface area (Å²) in [6.45, 7) is 0. The number of hydrogen-bond acceptors (Lipinski definition) is 1. The van der Waals surface area contributed by atoms with Gasteiger partial charge in [-0.3, -0.25) is 0 Å². The maximum Gasteiger partial charge on any atom is 0.0393 e. The van der Waals surface area contributed by atoms with Crippen molar-refractivity contribution in [1.29, 1.82) is 0 Å². The standard InChI is InChI=1S/C18H17N/c19-18-7-3-6-14-16-9-8-12-4-1-2-5-13(12)15(16)10-11-17(14)18/h3,6-11H,1-2,4-5,19H2. The topological polar surface area (TPSA) is 26.0 Å². The van der Waals surface area contributed by atoms with Crippen LogP contribution in [0.25, 0.3) is 21.5 Å². The zero-order chi connectivity index (χ0) is 12.8. The molecular formula is C18H17N. The van der Waals surface area contributed by atoms with Crippen LogP contribution >= 0.6 is 0 Å². The predicted molar refractivity (Wildman–Crippen MR) is 82.5 cm³/mol. The van der Waals surface area contributed by atoms with Gasteiger partial charge in [0.15, 0.2) is 0 Å². The lowest BCUT2D eigenvalue weighted by Gasteiger charge is -2.19. The van der Waals surface area contributed by atoms with E-state index in [0.717, 1.165) is 5.69 Å². The average Bonchev–Trinajstić information content (AvgIpc) is 2.47. The summed E-state index contributed by atoms with van der Waals surface area (Å²) in [7, 11) is 0. The van der Waals surface area contributed by atoms with Crippen LogP contribution in [0.2, 0.25) is 0 Å². The predicted octanol–water partition coefficient (Wildman–Crippen LogP) is 4.45. The SMILES string of the molecule is Nc1cccc2c1ccc1c3c(ccc12)CCCC3. The molecule has 0 unspecified atom stereocenters. The molecule has 0 bridgehead atoms. The fraction of sp³-hybridized carbons (Fsp3) is 0.222. The van der Waals surface area contributed by atoms with E-state index < -0.39 is 0 Å². The van der Waals surface area contributed by atoms with Gasteiger partial charge in [-0.25, -0.2) is 0 Å². The van der Waals surface area contributed by atoms with Crippen LogP contribution in [0.3, 0.4) is 0 Å². The van der Waals surface area contributed by atoms with Crippen molar-refractivity contribution >= 4 is 27.2 Å². The second-order valence-electron chi connectivity index (χ2n) is 5.51. The van der Waals surface area contributed by atoms with Gasteiger partial charge in [-0.2, -0.15) is 0 Å². The van der Waals surface area contributed by atoms with Gasteiger partial charge in [0, 0.05) is 11.1 Å². The van der Waals surface area contributed by atoms with Crippen LogP contribution in [0.1, 0.15) is 24.0 Å². The summed E-state index contributed by atoms with van der Waals surface area (Å²) in [5, 5.41) is 5.23. The third-order valence-electron chi connectivity index (χ3n) is 4.42. The van der Waals surface area contributed by atoms with Crippen LogP contribution in [-0.2, 0) is 12.8 Å². The van der Waals surface area contributed by atoms with Crippen molar-refractivity contribution in [3.8, 4) is 0 Å². The summed E-state index contributed by atoms with van der Waals surface area (Å²) >= 11 is 0. The lowest BCUT2D eigenvalue weighted by Crippen LogP contribution is -2.03. The molecule has 0 saturated carbocycles. The molecule has 0 saturated heterocycles. The minimum Gasteiger partial charge on any atom is -0.398 e. The monoisotopic (exact) mass is 247 g/mol. The van der Waals surface area contributed by atoms with Crippen LogP contribution in [0.15, 0.2) is 42.5 Å². The number of hydrogen-bond donors (Lipinski definition) is 1. The van der Waals surface area contributed by atoms with Gasteiger partial charge in [-0.05, 0) is 59.0 Å². The summed E-state index contributed by atoms with van der Waals surface area (Å²) in [6, 6.07) is 15.3. The molecule has 1 nitrogen and oxygen atoms in total. The van der Waals surface area contributed by atoms with E-state index >= 15 is 0 Å². The van der Waals surface area contributed by atoms with Crippen LogP contribution in [0.4, 0.5) is 5.69 Å². The Hall–Kier alpha value is -2.02. The van der Waals surface area contributed by atoms with Crippen molar-refractivity contribution in [3.63, 3.8) is 0 Å².